The molecule has 2 amide bonds. The molecule has 2 unspecified atom stereocenters. The number of esters is 1. The van der Waals surface area contributed by atoms with Gasteiger partial charge in [-0.2, -0.15) is 0 Å². The number of carbonyl (C=O) groups excluding carboxylic acids is 3. The van der Waals surface area contributed by atoms with Gasteiger partial charge in [0.25, 0.3) is 0 Å². The molecule has 0 aliphatic carbocycles. The van der Waals surface area contributed by atoms with Gasteiger partial charge in [-0.3, -0.25) is 19.3 Å². The molecule has 4 saturated heterocycles. The molecule has 0 aromatic heterocycles. The Morgan fingerprint density at radius 3 is 2.63 bits per heavy atom. The molecule has 4 rings (SSSR count). The van der Waals surface area contributed by atoms with Crippen molar-refractivity contribution >= 4 is 29.5 Å². The molecule has 1 N–H and O–H groups in total. The molecule has 0 saturated carbocycles. The van der Waals surface area contributed by atoms with E-state index in [2.05, 4.69) is 18.1 Å². The van der Waals surface area contributed by atoms with Crippen LogP contribution in [-0.2, 0) is 23.9 Å². The van der Waals surface area contributed by atoms with Crippen molar-refractivity contribution in [3.8, 4) is 0 Å². The van der Waals surface area contributed by atoms with E-state index in [0.717, 1.165) is 32.5 Å². The van der Waals surface area contributed by atoms with Crippen LogP contribution in [0.4, 0.5) is 0 Å². The van der Waals surface area contributed by atoms with Gasteiger partial charge in [0.2, 0.25) is 11.8 Å². The van der Waals surface area contributed by atoms with Gasteiger partial charge in [0.15, 0.2) is 0 Å². The van der Waals surface area contributed by atoms with Crippen molar-refractivity contribution in [1.29, 1.82) is 0 Å². The minimum absolute atomic E-state index is 0.0620. The van der Waals surface area contributed by atoms with E-state index in [-0.39, 0.29) is 31.0 Å². The van der Waals surface area contributed by atoms with E-state index in [0.29, 0.717) is 52.1 Å². The van der Waals surface area contributed by atoms with Crippen molar-refractivity contribution in [2.75, 3.05) is 65.7 Å². The molecule has 212 valence electrons. The highest BCUT2D eigenvalue weighted by Crippen LogP contribution is 2.71. The topological polar surface area (TPSA) is 99.6 Å². The Bertz CT molecular complexity index is 911. The number of aliphatic hydroxyl groups is 1. The summed E-state index contributed by atoms with van der Waals surface area (Å²) in [7, 11) is 0. The van der Waals surface area contributed by atoms with Crippen LogP contribution in [0.5, 0.6) is 0 Å². The van der Waals surface area contributed by atoms with Gasteiger partial charge in [0.1, 0.15) is 12.6 Å². The van der Waals surface area contributed by atoms with Crippen LogP contribution in [0.2, 0.25) is 0 Å². The number of carbonyl (C=O) groups is 3. The van der Waals surface area contributed by atoms with Gasteiger partial charge in [-0.1, -0.05) is 18.7 Å². The summed E-state index contributed by atoms with van der Waals surface area (Å²) in [5, 5.41) is 9.24. The first-order valence-corrected chi connectivity index (χ1v) is 14.7. The Labute approximate surface area is 230 Å². The minimum atomic E-state index is -0.657. The van der Waals surface area contributed by atoms with Crippen LogP contribution < -0.4 is 0 Å². The number of aliphatic hydroxyl groups excluding tert-OH is 1. The zero-order valence-electron chi connectivity index (χ0n) is 22.6. The first kappa shape index (κ1) is 29.1. The minimum Gasteiger partial charge on any atom is -0.461 e. The number of unbranched alkanes of at least 4 members (excludes halogenated alkanes) is 2. The standard InChI is InChI=1S/C28H43N3O6S/c1-4-11-30(14-13-29-15-19-36-20-16-29)25(34)23-28-10-9-27(3,38-28)22(26(35)37-18-5-2)21(28)24(33)31(23)12-7-6-8-17-32/h4-5,21-23,32H,1-2,6-20H2,3H3/t21-,22-,23?,27+,28?/m0/s1. The highest BCUT2D eigenvalue weighted by atomic mass is 32.2. The zero-order valence-corrected chi connectivity index (χ0v) is 23.5. The van der Waals surface area contributed by atoms with Gasteiger partial charge < -0.3 is 24.4 Å². The number of hydrogen-bond acceptors (Lipinski definition) is 8. The van der Waals surface area contributed by atoms with E-state index in [1.54, 1.807) is 22.7 Å². The lowest BCUT2D eigenvalue weighted by atomic mass is 9.66. The van der Waals surface area contributed by atoms with Crippen LogP contribution in [0.1, 0.15) is 39.0 Å². The largest absolute Gasteiger partial charge is 0.461 e. The van der Waals surface area contributed by atoms with Gasteiger partial charge in [0.05, 0.1) is 29.8 Å². The number of rotatable bonds is 14. The van der Waals surface area contributed by atoms with Crippen LogP contribution in [0.3, 0.4) is 0 Å². The van der Waals surface area contributed by atoms with Crippen molar-refractivity contribution < 1.29 is 29.0 Å². The Hall–Kier alpha value is -1.88. The molecule has 4 fully saturated rings. The number of morpholine rings is 1. The third kappa shape index (κ3) is 5.42. The fourth-order valence-corrected chi connectivity index (χ4v) is 9.15. The fraction of sp³-hybridized carbons (Fsp3) is 0.750. The lowest BCUT2D eigenvalue weighted by molar-refractivity contribution is -0.154. The Kier molecular flexibility index (Phi) is 9.60. The second-order valence-corrected chi connectivity index (χ2v) is 12.9. The van der Waals surface area contributed by atoms with E-state index in [4.69, 9.17) is 9.47 Å². The summed E-state index contributed by atoms with van der Waals surface area (Å²) < 4.78 is 9.85. The van der Waals surface area contributed by atoms with Gasteiger partial charge in [-0.15, -0.1) is 18.3 Å². The summed E-state index contributed by atoms with van der Waals surface area (Å²) in [4.78, 5) is 47.6. The monoisotopic (exact) mass is 549 g/mol. The second-order valence-electron chi connectivity index (χ2n) is 11.0. The van der Waals surface area contributed by atoms with Crippen LogP contribution in [0.25, 0.3) is 0 Å². The molecular weight excluding hydrogens is 506 g/mol. The maximum absolute atomic E-state index is 14.4. The quantitative estimate of drug-likeness (QED) is 0.199. The smallest absolute Gasteiger partial charge is 0.311 e. The van der Waals surface area contributed by atoms with Gasteiger partial charge in [-0.25, -0.2) is 0 Å². The lowest BCUT2D eigenvalue weighted by Gasteiger charge is -2.38. The second kappa shape index (κ2) is 12.5. The van der Waals surface area contributed by atoms with Gasteiger partial charge in [0, 0.05) is 50.6 Å². The maximum atomic E-state index is 14.4. The van der Waals surface area contributed by atoms with Gasteiger partial charge >= 0.3 is 5.97 Å². The van der Waals surface area contributed by atoms with Crippen LogP contribution >= 0.6 is 11.8 Å². The average Bonchev–Trinajstić information content (AvgIpc) is 3.48. The number of amides is 2. The summed E-state index contributed by atoms with van der Waals surface area (Å²) >= 11 is 1.66. The average molecular weight is 550 g/mol. The molecule has 4 aliphatic heterocycles. The maximum Gasteiger partial charge on any atom is 0.311 e. The molecule has 10 heteroatoms. The van der Waals surface area contributed by atoms with Crippen LogP contribution in [0.15, 0.2) is 25.3 Å². The predicted molar refractivity (Wildman–Crippen MR) is 147 cm³/mol. The van der Waals surface area contributed by atoms with Crippen molar-refractivity contribution in [1.82, 2.24) is 14.7 Å². The highest BCUT2D eigenvalue weighted by molar-refractivity contribution is 8.02. The first-order chi connectivity index (χ1) is 18.3. The van der Waals surface area contributed by atoms with Gasteiger partial charge in [-0.05, 0) is 39.0 Å². The molecule has 4 aliphatic rings. The lowest BCUT2D eigenvalue weighted by Crippen LogP contribution is -2.56. The molecule has 2 bridgehead atoms. The molecule has 4 heterocycles. The number of fused-ring (bicyclic) bond motifs is 1. The SMILES string of the molecule is C=CCOC(=O)[C@@H]1[C@H]2C(=O)N(CCCCCO)C(C(=O)N(CC=C)CCN3CCOCC3)C23CC[C@@]1(C)S3. The summed E-state index contributed by atoms with van der Waals surface area (Å²) in [6.45, 7) is 15.0. The van der Waals surface area contributed by atoms with Crippen LogP contribution in [0, 0.1) is 11.8 Å². The summed E-state index contributed by atoms with van der Waals surface area (Å²) in [6, 6.07) is -0.636. The fourth-order valence-electron chi connectivity index (χ4n) is 6.81. The van der Waals surface area contributed by atoms with Crippen molar-refractivity contribution in [3.63, 3.8) is 0 Å². The normalized spacial score (nSPS) is 32.3. The third-order valence-electron chi connectivity index (χ3n) is 8.62. The molecule has 0 radical (unpaired) electrons. The first-order valence-electron chi connectivity index (χ1n) is 13.9. The molecule has 5 atom stereocenters. The zero-order chi connectivity index (χ0) is 27.3. The highest BCUT2D eigenvalue weighted by Gasteiger charge is 2.77. The number of thioether (sulfide) groups is 1. The molecule has 1 spiro atoms. The number of hydrogen-bond donors (Lipinski definition) is 1. The number of likely N-dealkylation sites (tertiary alicyclic amines) is 1. The van der Waals surface area contributed by atoms with E-state index >= 15 is 0 Å². The molecule has 9 nitrogen and oxygen atoms in total. The number of nitrogens with zero attached hydrogens (tertiary/aromatic N) is 3. The Morgan fingerprint density at radius 1 is 1.18 bits per heavy atom. The Morgan fingerprint density at radius 2 is 1.95 bits per heavy atom. The summed E-state index contributed by atoms with van der Waals surface area (Å²) in [5.74, 6) is -1.72. The van der Waals surface area contributed by atoms with Crippen molar-refractivity contribution in [2.45, 2.75) is 54.6 Å². The number of ether oxygens (including phenoxy) is 2. The molecule has 0 aromatic rings. The van der Waals surface area contributed by atoms with Crippen molar-refractivity contribution in [2.24, 2.45) is 11.8 Å². The van der Waals surface area contributed by atoms with E-state index in [1.165, 1.54) is 6.08 Å². The summed E-state index contributed by atoms with van der Waals surface area (Å²) in [5.41, 5.74) is 0. The van der Waals surface area contributed by atoms with Crippen molar-refractivity contribution in [3.05, 3.63) is 25.3 Å². The predicted octanol–water partition coefficient (Wildman–Crippen LogP) is 1.71. The van der Waals surface area contributed by atoms with E-state index in [9.17, 15) is 19.5 Å². The molecule has 0 aromatic carbocycles. The Balaban J connectivity index is 1.62. The van der Waals surface area contributed by atoms with E-state index in [1.807, 2.05) is 11.8 Å². The third-order valence-corrected chi connectivity index (χ3v) is 10.6. The summed E-state index contributed by atoms with van der Waals surface area (Å²) in [6.07, 6.45) is 6.86. The van der Waals surface area contributed by atoms with E-state index < -0.39 is 27.4 Å². The molecule has 38 heavy (non-hydrogen) atoms. The van der Waals surface area contributed by atoms with Crippen LogP contribution in [-0.4, -0.2) is 119 Å². The molecular formula is C28H43N3O6S.